The van der Waals surface area contributed by atoms with Gasteiger partial charge in [-0.05, 0) is 35.6 Å². The smallest absolute Gasteiger partial charge is 0.165 e. The molecule has 118 valence electrons. The first-order valence-corrected chi connectivity index (χ1v) is 7.58. The molecular weight excluding hydrogens is 277 g/mol. The fourth-order valence-corrected chi connectivity index (χ4v) is 3.14. The molecular formula is C13H22FN5O2. The Kier molecular flexibility index (Phi) is 4.77. The van der Waals surface area contributed by atoms with Crippen molar-refractivity contribution in [2.75, 3.05) is 26.4 Å². The van der Waals surface area contributed by atoms with E-state index in [1.165, 1.54) is 0 Å². The van der Waals surface area contributed by atoms with E-state index in [9.17, 15) is 9.50 Å². The van der Waals surface area contributed by atoms with Gasteiger partial charge in [0.15, 0.2) is 5.82 Å². The van der Waals surface area contributed by atoms with Crippen molar-refractivity contribution < 1.29 is 14.2 Å². The number of likely N-dealkylation sites (tertiary alicyclic amines) is 1. The molecule has 2 aliphatic heterocycles. The average molecular weight is 299 g/mol. The fraction of sp³-hybridized carbons (Fsp3) is 0.923. The number of alkyl halides is 1. The molecule has 0 aliphatic carbocycles. The lowest BCUT2D eigenvalue weighted by Gasteiger charge is -2.24. The number of tetrazole rings is 1. The minimum absolute atomic E-state index is 0.0258. The molecule has 0 unspecified atom stereocenters. The van der Waals surface area contributed by atoms with Gasteiger partial charge in [0.25, 0.3) is 0 Å². The summed E-state index contributed by atoms with van der Waals surface area (Å²) in [6, 6.07) is -0.131. The topological polar surface area (TPSA) is 76.3 Å². The molecule has 0 aromatic carbocycles. The molecule has 7 nitrogen and oxygen atoms in total. The molecule has 2 aliphatic rings. The van der Waals surface area contributed by atoms with Crippen molar-refractivity contribution in [3.63, 3.8) is 0 Å². The Hall–Kier alpha value is -1.12. The highest BCUT2D eigenvalue weighted by Gasteiger charge is 2.32. The SMILES string of the molecule is OC[C@@H]1C[C@H](F)CN1Cc1nnnn1CC1CCOCC1. The van der Waals surface area contributed by atoms with Crippen molar-refractivity contribution in [2.45, 2.75) is 44.6 Å². The number of aromatic nitrogens is 4. The summed E-state index contributed by atoms with van der Waals surface area (Å²) in [5, 5.41) is 21.2. The largest absolute Gasteiger partial charge is 0.395 e. The van der Waals surface area contributed by atoms with Gasteiger partial charge in [-0.2, -0.15) is 0 Å². The van der Waals surface area contributed by atoms with Gasteiger partial charge in [-0.3, -0.25) is 4.90 Å². The summed E-state index contributed by atoms with van der Waals surface area (Å²) in [6.07, 6.45) is 1.56. The van der Waals surface area contributed by atoms with Crippen LogP contribution in [-0.4, -0.2) is 68.8 Å². The Bertz CT molecular complexity index is 452. The summed E-state index contributed by atoms with van der Waals surface area (Å²) < 4.78 is 20.7. The van der Waals surface area contributed by atoms with Crippen LogP contribution in [-0.2, 0) is 17.8 Å². The first-order chi connectivity index (χ1) is 10.3. The molecule has 0 saturated carbocycles. The van der Waals surface area contributed by atoms with Gasteiger partial charge in [0, 0.05) is 32.3 Å². The maximum Gasteiger partial charge on any atom is 0.165 e. The second-order valence-corrected chi connectivity index (χ2v) is 5.93. The lowest BCUT2D eigenvalue weighted by molar-refractivity contribution is 0.0592. The third kappa shape index (κ3) is 3.56. The summed E-state index contributed by atoms with van der Waals surface area (Å²) in [4.78, 5) is 1.93. The average Bonchev–Trinajstić information content (AvgIpc) is 3.07. The predicted octanol–water partition coefficient (Wildman–Crippen LogP) is 0.00440. The molecule has 1 N–H and O–H groups in total. The Morgan fingerprint density at radius 2 is 2.14 bits per heavy atom. The van der Waals surface area contributed by atoms with Crippen LogP contribution in [0.15, 0.2) is 0 Å². The Morgan fingerprint density at radius 1 is 1.33 bits per heavy atom. The van der Waals surface area contributed by atoms with Crippen molar-refractivity contribution in [1.82, 2.24) is 25.1 Å². The van der Waals surface area contributed by atoms with Crippen LogP contribution in [0.1, 0.15) is 25.1 Å². The van der Waals surface area contributed by atoms with E-state index in [2.05, 4.69) is 15.5 Å². The van der Waals surface area contributed by atoms with Gasteiger partial charge in [0.1, 0.15) is 6.17 Å². The number of halogens is 1. The number of ether oxygens (including phenoxy) is 1. The van der Waals surface area contributed by atoms with E-state index < -0.39 is 6.17 Å². The Morgan fingerprint density at radius 3 is 2.90 bits per heavy atom. The first-order valence-electron chi connectivity index (χ1n) is 7.58. The number of aliphatic hydroxyl groups excluding tert-OH is 1. The number of hydrogen-bond acceptors (Lipinski definition) is 6. The van der Waals surface area contributed by atoms with Gasteiger partial charge in [-0.25, -0.2) is 9.07 Å². The lowest BCUT2D eigenvalue weighted by atomic mass is 10.0. The monoisotopic (exact) mass is 299 g/mol. The van der Waals surface area contributed by atoms with Crippen LogP contribution in [0.25, 0.3) is 0 Å². The van der Waals surface area contributed by atoms with E-state index in [4.69, 9.17) is 4.74 Å². The lowest BCUT2D eigenvalue weighted by Crippen LogP contribution is -2.33. The van der Waals surface area contributed by atoms with Gasteiger partial charge in [0.2, 0.25) is 0 Å². The molecule has 3 heterocycles. The maximum atomic E-state index is 13.5. The minimum atomic E-state index is -0.873. The van der Waals surface area contributed by atoms with Gasteiger partial charge in [0.05, 0.1) is 13.2 Å². The van der Waals surface area contributed by atoms with E-state index in [1.54, 1.807) is 0 Å². The zero-order valence-electron chi connectivity index (χ0n) is 12.1. The standard InChI is InChI=1S/C13H22FN5O2/c14-11-5-12(9-20)18(7-11)8-13-15-16-17-19(13)6-10-1-3-21-4-2-10/h10-12,20H,1-9H2/t11-,12-/m0/s1. The highest BCUT2D eigenvalue weighted by molar-refractivity contribution is 4.90. The Labute approximate surface area is 123 Å². The second kappa shape index (κ2) is 6.76. The van der Waals surface area contributed by atoms with E-state index in [0.29, 0.717) is 25.4 Å². The molecule has 0 amide bonds. The highest BCUT2D eigenvalue weighted by atomic mass is 19.1. The van der Waals surface area contributed by atoms with Crippen LogP contribution < -0.4 is 0 Å². The molecule has 1 aromatic rings. The van der Waals surface area contributed by atoms with Crippen molar-refractivity contribution >= 4 is 0 Å². The minimum Gasteiger partial charge on any atom is -0.395 e. The first kappa shape index (κ1) is 14.8. The summed E-state index contributed by atoms with van der Waals surface area (Å²) in [5.74, 6) is 1.27. The number of nitrogens with zero attached hydrogens (tertiary/aromatic N) is 5. The third-order valence-electron chi connectivity index (χ3n) is 4.41. The number of hydrogen-bond donors (Lipinski definition) is 1. The summed E-state index contributed by atoms with van der Waals surface area (Å²) in [7, 11) is 0. The highest BCUT2D eigenvalue weighted by Crippen LogP contribution is 2.22. The van der Waals surface area contributed by atoms with E-state index in [-0.39, 0.29) is 12.6 Å². The Balaban J connectivity index is 1.62. The molecule has 0 bridgehead atoms. The van der Waals surface area contributed by atoms with E-state index in [1.807, 2.05) is 9.58 Å². The summed E-state index contributed by atoms with van der Waals surface area (Å²) in [6.45, 7) is 3.18. The van der Waals surface area contributed by atoms with E-state index in [0.717, 1.165) is 38.4 Å². The normalized spacial score (nSPS) is 28.3. The third-order valence-corrected chi connectivity index (χ3v) is 4.41. The quantitative estimate of drug-likeness (QED) is 0.825. The van der Waals surface area contributed by atoms with Crippen molar-refractivity contribution in [1.29, 1.82) is 0 Å². The molecule has 2 saturated heterocycles. The van der Waals surface area contributed by atoms with Crippen LogP contribution in [0, 0.1) is 5.92 Å². The van der Waals surface area contributed by atoms with Gasteiger partial charge in [-0.15, -0.1) is 5.10 Å². The fourth-order valence-electron chi connectivity index (χ4n) is 3.14. The number of aliphatic hydroxyl groups is 1. The van der Waals surface area contributed by atoms with Gasteiger partial charge in [-0.1, -0.05) is 0 Å². The van der Waals surface area contributed by atoms with Crippen LogP contribution in [0.2, 0.25) is 0 Å². The van der Waals surface area contributed by atoms with Crippen molar-refractivity contribution in [3.8, 4) is 0 Å². The molecule has 0 spiro atoms. The van der Waals surface area contributed by atoms with Crippen LogP contribution in [0.4, 0.5) is 4.39 Å². The molecule has 2 atom stereocenters. The molecule has 1 aromatic heterocycles. The summed E-state index contributed by atoms with van der Waals surface area (Å²) in [5.41, 5.74) is 0. The van der Waals surface area contributed by atoms with Crippen LogP contribution in [0.5, 0.6) is 0 Å². The van der Waals surface area contributed by atoms with Gasteiger partial charge >= 0.3 is 0 Å². The predicted molar refractivity (Wildman–Crippen MR) is 72.2 cm³/mol. The zero-order chi connectivity index (χ0) is 14.7. The van der Waals surface area contributed by atoms with Gasteiger partial charge < -0.3 is 9.84 Å². The molecule has 2 fully saturated rings. The van der Waals surface area contributed by atoms with Crippen LogP contribution in [0.3, 0.4) is 0 Å². The molecule has 0 radical (unpaired) electrons. The maximum absolute atomic E-state index is 13.5. The second-order valence-electron chi connectivity index (χ2n) is 5.93. The molecule has 8 heteroatoms. The number of rotatable bonds is 5. The van der Waals surface area contributed by atoms with Crippen molar-refractivity contribution in [2.24, 2.45) is 5.92 Å². The van der Waals surface area contributed by atoms with Crippen molar-refractivity contribution in [3.05, 3.63) is 5.82 Å². The zero-order valence-corrected chi connectivity index (χ0v) is 12.1. The molecule has 21 heavy (non-hydrogen) atoms. The summed E-state index contributed by atoms with van der Waals surface area (Å²) >= 11 is 0. The van der Waals surface area contributed by atoms with Crippen LogP contribution >= 0.6 is 0 Å². The van der Waals surface area contributed by atoms with E-state index >= 15 is 0 Å². The molecule has 3 rings (SSSR count).